The van der Waals surface area contributed by atoms with Gasteiger partial charge in [-0.05, 0) is 54.1 Å². The molecular formula is C25H20N4. The van der Waals surface area contributed by atoms with E-state index in [1.165, 1.54) is 16.3 Å². The van der Waals surface area contributed by atoms with E-state index in [-0.39, 0.29) is 0 Å². The van der Waals surface area contributed by atoms with E-state index in [0.29, 0.717) is 11.6 Å². The number of hydrogen-bond donors (Lipinski definition) is 2. The van der Waals surface area contributed by atoms with Gasteiger partial charge in [0.05, 0.1) is 11.0 Å². The maximum Gasteiger partial charge on any atom is 0.174 e. The van der Waals surface area contributed by atoms with Crippen molar-refractivity contribution in [2.24, 2.45) is 0 Å². The van der Waals surface area contributed by atoms with Crippen LogP contribution >= 0.6 is 0 Å². The molecule has 0 radical (unpaired) electrons. The summed E-state index contributed by atoms with van der Waals surface area (Å²) in [4.78, 5) is 9.64. The molecule has 2 N–H and O–H groups in total. The molecule has 5 rings (SSSR count). The average Bonchev–Trinajstić information content (AvgIpc) is 2.75. The summed E-state index contributed by atoms with van der Waals surface area (Å²) in [6, 6.07) is 30.8. The molecule has 0 spiro atoms. The van der Waals surface area contributed by atoms with Crippen LogP contribution < -0.4 is 10.6 Å². The minimum absolute atomic E-state index is 0.694. The van der Waals surface area contributed by atoms with Gasteiger partial charge in [0.15, 0.2) is 11.6 Å². The highest BCUT2D eigenvalue weighted by molar-refractivity contribution is 5.88. The van der Waals surface area contributed by atoms with Crippen molar-refractivity contribution in [3.05, 3.63) is 96.6 Å². The molecule has 0 saturated heterocycles. The summed E-state index contributed by atoms with van der Waals surface area (Å²) in [5.41, 5.74) is 4.87. The van der Waals surface area contributed by atoms with E-state index in [9.17, 15) is 0 Å². The quantitative estimate of drug-likeness (QED) is 0.372. The standard InChI is InChI=1S/C25H20N4/c1-17-10-13-20(14-11-17)26-24-25(29-23-9-5-4-8-22(23)28-24)27-21-15-12-18-6-2-3-7-19(18)16-21/h2-16H,1H3,(H,26,28)(H,27,29). The first-order valence-corrected chi connectivity index (χ1v) is 9.61. The monoisotopic (exact) mass is 376 g/mol. The molecule has 29 heavy (non-hydrogen) atoms. The third-order valence-corrected chi connectivity index (χ3v) is 4.90. The van der Waals surface area contributed by atoms with Crippen LogP contribution in [0.15, 0.2) is 91.0 Å². The molecule has 4 aromatic carbocycles. The number of anilines is 4. The molecule has 0 aliphatic rings. The zero-order chi connectivity index (χ0) is 19.6. The van der Waals surface area contributed by atoms with E-state index in [1.807, 2.05) is 48.5 Å². The van der Waals surface area contributed by atoms with Crippen molar-refractivity contribution < 1.29 is 0 Å². The van der Waals surface area contributed by atoms with Crippen molar-refractivity contribution in [1.82, 2.24) is 9.97 Å². The summed E-state index contributed by atoms with van der Waals surface area (Å²) in [5, 5.41) is 9.25. The smallest absolute Gasteiger partial charge is 0.174 e. The fraction of sp³-hybridized carbons (Fsp3) is 0.0400. The summed E-state index contributed by atoms with van der Waals surface area (Å²) in [5.74, 6) is 1.39. The normalized spacial score (nSPS) is 10.9. The topological polar surface area (TPSA) is 49.8 Å². The molecule has 0 unspecified atom stereocenters. The number of nitrogens with zero attached hydrogens (tertiary/aromatic N) is 2. The van der Waals surface area contributed by atoms with E-state index in [0.717, 1.165) is 22.4 Å². The lowest BCUT2D eigenvalue weighted by Crippen LogP contribution is -2.03. The van der Waals surface area contributed by atoms with Gasteiger partial charge in [-0.2, -0.15) is 0 Å². The Kier molecular flexibility index (Phi) is 4.30. The highest BCUT2D eigenvalue weighted by Gasteiger charge is 2.10. The number of para-hydroxylation sites is 2. The Morgan fingerprint density at radius 2 is 1.10 bits per heavy atom. The highest BCUT2D eigenvalue weighted by atomic mass is 15.1. The first-order chi connectivity index (χ1) is 14.2. The van der Waals surface area contributed by atoms with Crippen LogP contribution in [0.3, 0.4) is 0 Å². The van der Waals surface area contributed by atoms with Gasteiger partial charge in [-0.1, -0.05) is 60.2 Å². The first-order valence-electron chi connectivity index (χ1n) is 9.61. The maximum atomic E-state index is 4.83. The van der Waals surface area contributed by atoms with Crippen molar-refractivity contribution in [2.75, 3.05) is 10.6 Å². The van der Waals surface area contributed by atoms with Crippen molar-refractivity contribution in [1.29, 1.82) is 0 Å². The third kappa shape index (κ3) is 3.60. The molecule has 0 fully saturated rings. The SMILES string of the molecule is Cc1ccc(Nc2nc3ccccc3nc2Nc2ccc3ccccc3c2)cc1. The van der Waals surface area contributed by atoms with E-state index in [4.69, 9.17) is 9.97 Å². The zero-order valence-electron chi connectivity index (χ0n) is 16.1. The Labute approximate surface area is 169 Å². The molecule has 140 valence electrons. The molecule has 0 bridgehead atoms. The Morgan fingerprint density at radius 1 is 0.552 bits per heavy atom. The van der Waals surface area contributed by atoms with Crippen LogP contribution in [-0.4, -0.2) is 9.97 Å². The largest absolute Gasteiger partial charge is 0.337 e. The summed E-state index contributed by atoms with van der Waals surface area (Å²) < 4.78 is 0. The lowest BCUT2D eigenvalue weighted by atomic mass is 10.1. The number of nitrogens with one attached hydrogen (secondary N) is 2. The summed E-state index contributed by atoms with van der Waals surface area (Å²) >= 11 is 0. The van der Waals surface area contributed by atoms with Crippen molar-refractivity contribution in [3.63, 3.8) is 0 Å². The van der Waals surface area contributed by atoms with Gasteiger partial charge in [0.2, 0.25) is 0 Å². The number of hydrogen-bond acceptors (Lipinski definition) is 4. The van der Waals surface area contributed by atoms with Crippen LogP contribution in [0, 0.1) is 6.92 Å². The molecule has 0 aliphatic carbocycles. The zero-order valence-corrected chi connectivity index (χ0v) is 16.1. The van der Waals surface area contributed by atoms with Crippen LogP contribution in [0.25, 0.3) is 21.8 Å². The van der Waals surface area contributed by atoms with Gasteiger partial charge in [-0.25, -0.2) is 9.97 Å². The predicted molar refractivity (Wildman–Crippen MR) is 121 cm³/mol. The van der Waals surface area contributed by atoms with Gasteiger partial charge >= 0.3 is 0 Å². The van der Waals surface area contributed by atoms with Gasteiger partial charge in [0, 0.05) is 11.4 Å². The van der Waals surface area contributed by atoms with Gasteiger partial charge in [0.25, 0.3) is 0 Å². The van der Waals surface area contributed by atoms with Gasteiger partial charge in [-0.3, -0.25) is 0 Å². The molecule has 4 heteroatoms. The molecule has 0 aliphatic heterocycles. The van der Waals surface area contributed by atoms with Crippen LogP contribution in [0.5, 0.6) is 0 Å². The van der Waals surface area contributed by atoms with Crippen LogP contribution in [-0.2, 0) is 0 Å². The second-order valence-electron chi connectivity index (χ2n) is 7.09. The van der Waals surface area contributed by atoms with Crippen molar-refractivity contribution >= 4 is 44.8 Å². The second-order valence-corrected chi connectivity index (χ2v) is 7.09. The second kappa shape index (κ2) is 7.24. The summed E-state index contributed by atoms with van der Waals surface area (Å²) in [6.45, 7) is 2.08. The first kappa shape index (κ1) is 17.2. The van der Waals surface area contributed by atoms with E-state index < -0.39 is 0 Å². The Morgan fingerprint density at radius 3 is 1.79 bits per heavy atom. The number of benzene rings is 4. The lowest BCUT2D eigenvalue weighted by molar-refractivity contribution is 1.27. The third-order valence-electron chi connectivity index (χ3n) is 4.90. The molecule has 1 aromatic heterocycles. The highest BCUT2D eigenvalue weighted by Crippen LogP contribution is 2.29. The van der Waals surface area contributed by atoms with Crippen LogP contribution in [0.1, 0.15) is 5.56 Å². The van der Waals surface area contributed by atoms with E-state index in [1.54, 1.807) is 0 Å². The number of rotatable bonds is 4. The van der Waals surface area contributed by atoms with E-state index >= 15 is 0 Å². The molecule has 5 aromatic rings. The minimum Gasteiger partial charge on any atom is -0.337 e. The van der Waals surface area contributed by atoms with Gasteiger partial charge in [0.1, 0.15) is 0 Å². The molecule has 0 amide bonds. The fourth-order valence-corrected chi connectivity index (χ4v) is 3.35. The number of fused-ring (bicyclic) bond motifs is 2. The maximum absolute atomic E-state index is 4.83. The summed E-state index contributed by atoms with van der Waals surface area (Å²) in [6.07, 6.45) is 0. The van der Waals surface area contributed by atoms with Gasteiger partial charge < -0.3 is 10.6 Å². The van der Waals surface area contributed by atoms with Crippen LogP contribution in [0.2, 0.25) is 0 Å². The number of aromatic nitrogens is 2. The molecular weight excluding hydrogens is 356 g/mol. The fourth-order valence-electron chi connectivity index (χ4n) is 3.35. The van der Waals surface area contributed by atoms with Crippen LogP contribution in [0.4, 0.5) is 23.0 Å². The van der Waals surface area contributed by atoms with Crippen molar-refractivity contribution in [3.8, 4) is 0 Å². The molecule has 0 atom stereocenters. The minimum atomic E-state index is 0.694. The lowest BCUT2D eigenvalue weighted by Gasteiger charge is -2.14. The predicted octanol–water partition coefficient (Wildman–Crippen LogP) is 6.58. The van der Waals surface area contributed by atoms with Crippen molar-refractivity contribution in [2.45, 2.75) is 6.92 Å². The molecule has 1 heterocycles. The van der Waals surface area contributed by atoms with Gasteiger partial charge in [-0.15, -0.1) is 0 Å². The molecule has 0 saturated carbocycles. The Balaban J connectivity index is 1.57. The van der Waals surface area contributed by atoms with E-state index in [2.05, 4.69) is 60.0 Å². The Hall–Kier alpha value is -3.92. The summed E-state index contributed by atoms with van der Waals surface area (Å²) in [7, 11) is 0. The number of aryl methyl sites for hydroxylation is 1. The Bertz CT molecular complexity index is 1310. The molecule has 4 nitrogen and oxygen atoms in total. The average molecular weight is 376 g/mol.